The van der Waals surface area contributed by atoms with Gasteiger partial charge in [-0.15, -0.1) is 0 Å². The van der Waals surface area contributed by atoms with Gasteiger partial charge in [0.25, 0.3) is 10.0 Å². The van der Waals surface area contributed by atoms with E-state index in [-0.39, 0.29) is 16.6 Å². The van der Waals surface area contributed by atoms with Crippen LogP contribution in [0.4, 0.5) is 11.4 Å². The van der Waals surface area contributed by atoms with Crippen LogP contribution < -0.4 is 14.8 Å². The Morgan fingerprint density at radius 3 is 2.53 bits per heavy atom. The monoisotopic (exact) mass is 427 g/mol. The Morgan fingerprint density at radius 2 is 1.87 bits per heavy atom. The third-order valence-corrected chi connectivity index (χ3v) is 5.52. The second-order valence-corrected chi connectivity index (χ2v) is 8.05. The Kier molecular flexibility index (Phi) is 6.22. The zero-order valence-corrected chi connectivity index (χ0v) is 17.5. The summed E-state index contributed by atoms with van der Waals surface area (Å²) < 4.78 is 38.8. The van der Waals surface area contributed by atoms with Crippen molar-refractivity contribution in [2.75, 3.05) is 17.1 Å². The van der Waals surface area contributed by atoms with Gasteiger partial charge in [-0.1, -0.05) is 35.5 Å². The van der Waals surface area contributed by atoms with Crippen LogP contribution in [0.1, 0.15) is 23.9 Å². The summed E-state index contributed by atoms with van der Waals surface area (Å²) >= 11 is 0. The van der Waals surface area contributed by atoms with E-state index in [1.54, 1.807) is 61.5 Å². The van der Waals surface area contributed by atoms with Crippen LogP contribution in [0.15, 0.2) is 57.9 Å². The molecule has 9 heteroatoms. The van der Waals surface area contributed by atoms with Gasteiger partial charge in [0.2, 0.25) is 5.91 Å². The molecule has 0 bridgehead atoms. The maximum atomic E-state index is 12.9. The van der Waals surface area contributed by atoms with E-state index in [0.717, 1.165) is 0 Å². The van der Waals surface area contributed by atoms with Gasteiger partial charge in [0.05, 0.1) is 7.11 Å². The predicted molar refractivity (Wildman–Crippen MR) is 115 cm³/mol. The molecule has 156 valence electrons. The third-order valence-electron chi connectivity index (χ3n) is 4.12. The van der Waals surface area contributed by atoms with Crippen molar-refractivity contribution in [1.29, 1.82) is 0 Å². The number of aromatic nitrogens is 1. The zero-order valence-electron chi connectivity index (χ0n) is 16.7. The number of methoxy groups -OCH3 is 1. The third kappa shape index (κ3) is 4.87. The van der Waals surface area contributed by atoms with E-state index >= 15 is 0 Å². The van der Waals surface area contributed by atoms with Crippen molar-refractivity contribution in [3.63, 3.8) is 0 Å². The molecular weight excluding hydrogens is 406 g/mol. The fourth-order valence-electron chi connectivity index (χ4n) is 2.72. The van der Waals surface area contributed by atoms with Crippen molar-refractivity contribution in [1.82, 2.24) is 5.16 Å². The molecule has 0 aliphatic rings. The standard InChI is InChI=1S/C21H21N3O5S/c1-14-21(22-15(2)25)19(29-23-14)12-10-16-9-11-18(28-3)20(13-16)30(26,27)24-17-7-5-4-6-8-17/h4-13,24H,1-3H3,(H,22,25)/b12-10-. The number of nitrogens with one attached hydrogen (secondary N) is 2. The summed E-state index contributed by atoms with van der Waals surface area (Å²) in [7, 11) is -2.48. The van der Waals surface area contributed by atoms with E-state index in [2.05, 4.69) is 15.2 Å². The first-order chi connectivity index (χ1) is 14.3. The van der Waals surface area contributed by atoms with E-state index in [1.165, 1.54) is 20.1 Å². The number of amides is 1. The molecule has 3 aromatic rings. The molecule has 2 aromatic carbocycles. The minimum absolute atomic E-state index is 0.00756. The molecule has 2 N–H and O–H groups in total. The smallest absolute Gasteiger partial charge is 0.265 e. The van der Waals surface area contributed by atoms with E-state index in [9.17, 15) is 13.2 Å². The number of aryl methyl sites for hydroxylation is 1. The highest BCUT2D eigenvalue weighted by molar-refractivity contribution is 7.92. The summed E-state index contributed by atoms with van der Waals surface area (Å²) in [5, 5.41) is 6.51. The molecule has 0 saturated heterocycles. The summed E-state index contributed by atoms with van der Waals surface area (Å²) in [5.41, 5.74) is 2.03. The average Bonchev–Trinajstić information content (AvgIpc) is 3.05. The quantitative estimate of drug-likeness (QED) is 0.591. The minimum atomic E-state index is -3.88. The van der Waals surface area contributed by atoms with Gasteiger partial charge in [-0.3, -0.25) is 9.52 Å². The highest BCUT2D eigenvalue weighted by atomic mass is 32.2. The van der Waals surface area contributed by atoms with Crippen LogP contribution >= 0.6 is 0 Å². The number of sulfonamides is 1. The molecule has 0 saturated carbocycles. The van der Waals surface area contributed by atoms with Crippen molar-refractivity contribution < 1.29 is 22.5 Å². The van der Waals surface area contributed by atoms with Gasteiger partial charge < -0.3 is 14.6 Å². The van der Waals surface area contributed by atoms with Crippen molar-refractivity contribution in [2.24, 2.45) is 0 Å². The molecule has 3 rings (SSSR count). The highest BCUT2D eigenvalue weighted by Gasteiger charge is 2.20. The number of ether oxygens (including phenoxy) is 1. The Labute approximate surface area is 174 Å². The fourth-order valence-corrected chi connectivity index (χ4v) is 3.99. The Hall–Kier alpha value is -3.59. The topological polar surface area (TPSA) is 111 Å². The maximum absolute atomic E-state index is 12.9. The molecule has 8 nitrogen and oxygen atoms in total. The lowest BCUT2D eigenvalue weighted by molar-refractivity contribution is -0.114. The van der Waals surface area contributed by atoms with Gasteiger partial charge in [0.1, 0.15) is 22.0 Å². The van der Waals surface area contributed by atoms with Crippen LogP contribution in [-0.4, -0.2) is 26.6 Å². The van der Waals surface area contributed by atoms with Gasteiger partial charge >= 0.3 is 0 Å². The van der Waals surface area contributed by atoms with Crippen LogP contribution in [-0.2, 0) is 14.8 Å². The molecule has 30 heavy (non-hydrogen) atoms. The Morgan fingerprint density at radius 1 is 1.13 bits per heavy atom. The summed E-state index contributed by atoms with van der Waals surface area (Å²) in [6, 6.07) is 13.3. The lowest BCUT2D eigenvalue weighted by atomic mass is 10.2. The number of para-hydroxylation sites is 1. The maximum Gasteiger partial charge on any atom is 0.265 e. The molecule has 1 amide bonds. The fraction of sp³-hybridized carbons (Fsp3) is 0.143. The molecule has 0 aliphatic carbocycles. The number of hydrogen-bond acceptors (Lipinski definition) is 6. The Bertz CT molecular complexity index is 1180. The second kappa shape index (κ2) is 8.83. The summed E-state index contributed by atoms with van der Waals surface area (Å²) in [5.74, 6) is 0.316. The zero-order chi connectivity index (χ0) is 21.7. The van der Waals surface area contributed by atoms with E-state index in [4.69, 9.17) is 9.26 Å². The SMILES string of the molecule is COc1ccc(/C=C\c2onc(C)c2NC(C)=O)cc1S(=O)(=O)Nc1ccccc1. The molecule has 0 radical (unpaired) electrons. The molecular formula is C21H21N3O5S. The number of carbonyl (C=O) groups is 1. The van der Waals surface area contributed by atoms with Crippen LogP contribution in [0.3, 0.4) is 0 Å². The Balaban J connectivity index is 1.93. The number of benzene rings is 2. The largest absolute Gasteiger partial charge is 0.495 e. The summed E-state index contributed by atoms with van der Waals surface area (Å²) in [6.45, 7) is 3.10. The molecule has 0 fully saturated rings. The number of rotatable bonds is 7. The number of nitrogens with zero attached hydrogens (tertiary/aromatic N) is 1. The van der Waals surface area contributed by atoms with Crippen molar-refractivity contribution in [3.8, 4) is 5.75 Å². The van der Waals surface area contributed by atoms with E-state index in [0.29, 0.717) is 28.4 Å². The first-order valence-electron chi connectivity index (χ1n) is 8.98. The minimum Gasteiger partial charge on any atom is -0.495 e. The summed E-state index contributed by atoms with van der Waals surface area (Å²) in [6.07, 6.45) is 3.26. The van der Waals surface area contributed by atoms with Gasteiger partial charge in [-0.2, -0.15) is 0 Å². The van der Waals surface area contributed by atoms with Crippen molar-refractivity contribution in [3.05, 3.63) is 65.5 Å². The first-order valence-corrected chi connectivity index (χ1v) is 10.5. The molecule has 0 atom stereocenters. The number of carbonyl (C=O) groups excluding carboxylic acids is 1. The highest BCUT2D eigenvalue weighted by Crippen LogP contribution is 2.28. The molecule has 0 spiro atoms. The van der Waals surface area contributed by atoms with Crippen molar-refractivity contribution in [2.45, 2.75) is 18.7 Å². The van der Waals surface area contributed by atoms with E-state index in [1.807, 2.05) is 0 Å². The lowest BCUT2D eigenvalue weighted by Crippen LogP contribution is -2.14. The average molecular weight is 427 g/mol. The van der Waals surface area contributed by atoms with Gasteiger partial charge in [0.15, 0.2) is 5.76 Å². The molecule has 1 heterocycles. The van der Waals surface area contributed by atoms with Crippen molar-refractivity contribution >= 4 is 39.5 Å². The number of hydrogen-bond donors (Lipinski definition) is 2. The van der Waals surface area contributed by atoms with Gasteiger partial charge in [-0.05, 0) is 42.8 Å². The van der Waals surface area contributed by atoms with Gasteiger partial charge in [-0.25, -0.2) is 8.42 Å². The number of anilines is 2. The van der Waals surface area contributed by atoms with Crippen LogP contribution in [0, 0.1) is 6.92 Å². The summed E-state index contributed by atoms with van der Waals surface area (Å²) in [4.78, 5) is 11.4. The predicted octanol–water partition coefficient (Wildman–Crippen LogP) is 3.92. The normalized spacial score (nSPS) is 11.4. The molecule has 1 aromatic heterocycles. The second-order valence-electron chi connectivity index (χ2n) is 6.40. The molecule has 0 unspecified atom stereocenters. The molecule has 0 aliphatic heterocycles. The van der Waals surface area contributed by atoms with Crippen LogP contribution in [0.25, 0.3) is 12.2 Å². The lowest BCUT2D eigenvalue weighted by Gasteiger charge is -2.12. The van der Waals surface area contributed by atoms with Gasteiger partial charge in [0, 0.05) is 12.6 Å². The van der Waals surface area contributed by atoms with E-state index < -0.39 is 10.0 Å². The van der Waals surface area contributed by atoms with Crippen LogP contribution in [0.2, 0.25) is 0 Å². The first kappa shape index (κ1) is 21.1. The van der Waals surface area contributed by atoms with Crippen LogP contribution in [0.5, 0.6) is 5.75 Å².